The molecule has 1 amide bonds. The first-order valence-corrected chi connectivity index (χ1v) is 5.92. The Morgan fingerprint density at radius 3 is 2.69 bits per heavy atom. The van der Waals surface area contributed by atoms with Gasteiger partial charge in [-0.25, -0.2) is 0 Å². The molecule has 94 valence electrons. The summed E-state index contributed by atoms with van der Waals surface area (Å²) in [6, 6.07) is 0.00199. The van der Waals surface area contributed by atoms with E-state index in [-0.39, 0.29) is 23.5 Å². The van der Waals surface area contributed by atoms with E-state index >= 15 is 0 Å². The van der Waals surface area contributed by atoms with E-state index in [0.717, 1.165) is 6.42 Å². The number of carbonyl (C=O) groups is 1. The van der Waals surface area contributed by atoms with Crippen molar-refractivity contribution in [3.63, 3.8) is 0 Å². The van der Waals surface area contributed by atoms with Crippen molar-refractivity contribution in [1.82, 2.24) is 4.90 Å². The van der Waals surface area contributed by atoms with Gasteiger partial charge in [0.2, 0.25) is 5.91 Å². The highest BCUT2D eigenvalue weighted by molar-refractivity contribution is 5.73. The SMILES string of the molecule is CC(=O)N1CCOC([C@H](N)CC(C)(C)C)C1. The van der Waals surface area contributed by atoms with E-state index < -0.39 is 0 Å². The van der Waals surface area contributed by atoms with Crippen LogP contribution in [0.15, 0.2) is 0 Å². The van der Waals surface area contributed by atoms with Crippen LogP contribution in [0.5, 0.6) is 0 Å². The van der Waals surface area contributed by atoms with E-state index in [9.17, 15) is 4.79 Å². The number of nitrogens with two attached hydrogens (primary N) is 1. The van der Waals surface area contributed by atoms with Crippen molar-refractivity contribution in [3.8, 4) is 0 Å². The summed E-state index contributed by atoms with van der Waals surface area (Å²) in [6.45, 7) is 10.0. The summed E-state index contributed by atoms with van der Waals surface area (Å²) in [4.78, 5) is 13.1. The first kappa shape index (κ1) is 13.5. The van der Waals surface area contributed by atoms with Crippen LogP contribution in [-0.4, -0.2) is 42.6 Å². The fourth-order valence-corrected chi connectivity index (χ4v) is 2.06. The Hall–Kier alpha value is -0.610. The van der Waals surface area contributed by atoms with Crippen LogP contribution in [0.4, 0.5) is 0 Å². The zero-order valence-electron chi connectivity index (χ0n) is 10.8. The molecule has 1 heterocycles. The largest absolute Gasteiger partial charge is 0.373 e. The van der Waals surface area contributed by atoms with Gasteiger partial charge in [0, 0.05) is 26.1 Å². The quantitative estimate of drug-likeness (QED) is 0.767. The Morgan fingerprint density at radius 2 is 2.19 bits per heavy atom. The molecular weight excluding hydrogens is 204 g/mol. The van der Waals surface area contributed by atoms with Crippen LogP contribution in [0.2, 0.25) is 0 Å². The highest BCUT2D eigenvalue weighted by atomic mass is 16.5. The maximum atomic E-state index is 11.3. The minimum atomic E-state index is -0.0168. The highest BCUT2D eigenvalue weighted by Gasteiger charge is 2.29. The highest BCUT2D eigenvalue weighted by Crippen LogP contribution is 2.23. The van der Waals surface area contributed by atoms with Gasteiger partial charge in [-0.15, -0.1) is 0 Å². The molecule has 0 saturated carbocycles. The molecule has 1 saturated heterocycles. The maximum absolute atomic E-state index is 11.3. The van der Waals surface area contributed by atoms with Gasteiger partial charge in [0.15, 0.2) is 0 Å². The molecule has 2 atom stereocenters. The zero-order valence-corrected chi connectivity index (χ0v) is 10.8. The number of rotatable bonds is 2. The molecule has 1 unspecified atom stereocenters. The summed E-state index contributed by atoms with van der Waals surface area (Å²) >= 11 is 0. The number of hydrogen-bond acceptors (Lipinski definition) is 3. The molecule has 1 aliphatic heterocycles. The van der Waals surface area contributed by atoms with Crippen LogP contribution in [0.3, 0.4) is 0 Å². The van der Waals surface area contributed by atoms with Crippen molar-refractivity contribution >= 4 is 5.91 Å². The number of hydrogen-bond donors (Lipinski definition) is 1. The van der Waals surface area contributed by atoms with Crippen molar-refractivity contribution in [1.29, 1.82) is 0 Å². The van der Waals surface area contributed by atoms with Crippen LogP contribution < -0.4 is 5.73 Å². The minimum absolute atomic E-state index is 0.00199. The summed E-state index contributed by atoms with van der Waals surface area (Å²) in [5.41, 5.74) is 6.33. The van der Waals surface area contributed by atoms with Crippen LogP contribution in [-0.2, 0) is 9.53 Å². The van der Waals surface area contributed by atoms with Gasteiger partial charge in [-0.2, -0.15) is 0 Å². The molecule has 1 aliphatic rings. The molecule has 2 N–H and O–H groups in total. The Kier molecular flexibility index (Phi) is 4.33. The molecule has 1 fully saturated rings. The fourth-order valence-electron chi connectivity index (χ4n) is 2.06. The van der Waals surface area contributed by atoms with E-state index in [1.54, 1.807) is 6.92 Å². The summed E-state index contributed by atoms with van der Waals surface area (Å²) < 4.78 is 5.65. The second kappa shape index (κ2) is 5.15. The number of morpholine rings is 1. The molecule has 4 heteroatoms. The van der Waals surface area contributed by atoms with E-state index in [2.05, 4.69) is 20.8 Å². The van der Waals surface area contributed by atoms with E-state index in [1.807, 2.05) is 4.90 Å². The molecule has 0 bridgehead atoms. The lowest BCUT2D eigenvalue weighted by Gasteiger charge is -2.37. The second-order valence-corrected chi connectivity index (χ2v) is 5.80. The van der Waals surface area contributed by atoms with Crippen LogP contribution in [0, 0.1) is 5.41 Å². The van der Waals surface area contributed by atoms with E-state index in [1.165, 1.54) is 0 Å². The first-order chi connectivity index (χ1) is 7.29. The van der Waals surface area contributed by atoms with Gasteiger partial charge in [-0.1, -0.05) is 20.8 Å². The third-order valence-corrected chi connectivity index (χ3v) is 2.86. The second-order valence-electron chi connectivity index (χ2n) is 5.80. The van der Waals surface area contributed by atoms with Crippen LogP contribution >= 0.6 is 0 Å². The maximum Gasteiger partial charge on any atom is 0.219 e. The Balaban J connectivity index is 2.50. The average Bonchev–Trinajstić information content (AvgIpc) is 2.15. The van der Waals surface area contributed by atoms with Crippen molar-refractivity contribution in [3.05, 3.63) is 0 Å². The Morgan fingerprint density at radius 1 is 1.56 bits per heavy atom. The summed E-state index contributed by atoms with van der Waals surface area (Å²) in [5.74, 6) is 0.108. The lowest BCUT2D eigenvalue weighted by Crippen LogP contribution is -2.52. The van der Waals surface area contributed by atoms with E-state index in [0.29, 0.717) is 19.7 Å². The molecule has 0 radical (unpaired) electrons. The first-order valence-electron chi connectivity index (χ1n) is 5.92. The number of amides is 1. The van der Waals surface area contributed by atoms with Gasteiger partial charge in [0.25, 0.3) is 0 Å². The lowest BCUT2D eigenvalue weighted by molar-refractivity contribution is -0.137. The van der Waals surface area contributed by atoms with Gasteiger partial charge < -0.3 is 15.4 Å². The van der Waals surface area contributed by atoms with Crippen molar-refractivity contribution in [2.45, 2.75) is 46.3 Å². The molecule has 0 aromatic rings. The van der Waals surface area contributed by atoms with E-state index in [4.69, 9.17) is 10.5 Å². The van der Waals surface area contributed by atoms with Crippen molar-refractivity contribution in [2.24, 2.45) is 11.1 Å². The molecule has 4 nitrogen and oxygen atoms in total. The molecule has 16 heavy (non-hydrogen) atoms. The zero-order chi connectivity index (χ0) is 12.3. The molecule has 0 aliphatic carbocycles. The number of carbonyl (C=O) groups excluding carboxylic acids is 1. The third kappa shape index (κ3) is 4.10. The molecule has 0 aromatic carbocycles. The Labute approximate surface area is 98.1 Å². The van der Waals surface area contributed by atoms with Gasteiger partial charge >= 0.3 is 0 Å². The number of nitrogens with zero attached hydrogens (tertiary/aromatic N) is 1. The average molecular weight is 228 g/mol. The summed E-state index contributed by atoms with van der Waals surface area (Å²) in [7, 11) is 0. The van der Waals surface area contributed by atoms with Gasteiger partial charge in [0.05, 0.1) is 12.7 Å². The van der Waals surface area contributed by atoms with Crippen LogP contribution in [0.1, 0.15) is 34.1 Å². The monoisotopic (exact) mass is 228 g/mol. The van der Waals surface area contributed by atoms with Gasteiger partial charge in [-0.3, -0.25) is 4.79 Å². The van der Waals surface area contributed by atoms with Gasteiger partial charge in [-0.05, 0) is 11.8 Å². The standard InChI is InChI=1S/C12H24N2O2/c1-9(15)14-5-6-16-11(8-14)10(13)7-12(2,3)4/h10-11H,5-8,13H2,1-4H3/t10-,11?/m1/s1. The van der Waals surface area contributed by atoms with Crippen molar-refractivity contribution < 1.29 is 9.53 Å². The Bertz CT molecular complexity index is 248. The predicted molar refractivity (Wildman–Crippen MR) is 64.0 cm³/mol. The predicted octanol–water partition coefficient (Wildman–Crippen LogP) is 0.997. The summed E-state index contributed by atoms with van der Waals surface area (Å²) in [5, 5.41) is 0. The van der Waals surface area contributed by atoms with Gasteiger partial charge in [0.1, 0.15) is 0 Å². The summed E-state index contributed by atoms with van der Waals surface area (Å²) in [6.07, 6.45) is 0.889. The van der Waals surface area contributed by atoms with Crippen molar-refractivity contribution in [2.75, 3.05) is 19.7 Å². The lowest BCUT2D eigenvalue weighted by atomic mass is 9.86. The third-order valence-electron chi connectivity index (χ3n) is 2.86. The molecule has 0 spiro atoms. The fraction of sp³-hybridized carbons (Fsp3) is 0.917. The molecule has 0 aromatic heterocycles. The topological polar surface area (TPSA) is 55.6 Å². The smallest absolute Gasteiger partial charge is 0.219 e. The minimum Gasteiger partial charge on any atom is -0.373 e. The normalized spacial score (nSPS) is 24.3. The number of ether oxygens (including phenoxy) is 1. The molecular formula is C12H24N2O2. The van der Waals surface area contributed by atoms with Crippen LogP contribution in [0.25, 0.3) is 0 Å². The molecule has 1 rings (SSSR count).